The lowest BCUT2D eigenvalue weighted by Crippen LogP contribution is -2.01. The Balaban J connectivity index is 3.36. The van der Waals surface area contributed by atoms with Gasteiger partial charge in [0.1, 0.15) is 0 Å². The van der Waals surface area contributed by atoms with E-state index in [4.69, 9.17) is 0 Å². The van der Waals surface area contributed by atoms with Crippen LogP contribution in [0.4, 0.5) is 0 Å². The fraction of sp³-hybridized carbons (Fsp3) is 1.00. The van der Waals surface area contributed by atoms with Crippen LogP contribution in [0.25, 0.3) is 0 Å². The minimum atomic E-state index is 0.942. The molecule has 0 rings (SSSR count). The summed E-state index contributed by atoms with van der Waals surface area (Å²) in [6.45, 7) is 12.2. The van der Waals surface area contributed by atoms with Gasteiger partial charge in [0.25, 0.3) is 0 Å². The lowest BCUT2D eigenvalue weighted by molar-refractivity contribution is 0.373. The lowest BCUT2D eigenvalue weighted by atomic mass is 9.90. The van der Waals surface area contributed by atoms with Crippen LogP contribution in [0.1, 0.15) is 253 Å². The molecule has 0 saturated heterocycles. The summed E-state index contributed by atoms with van der Waals surface area (Å²) < 4.78 is 0. The van der Waals surface area contributed by atoms with E-state index in [1.807, 2.05) is 0 Å². The molecule has 0 aromatic heterocycles. The first-order valence-corrected chi connectivity index (χ1v) is 20.6. The van der Waals surface area contributed by atoms with Crippen LogP contribution in [0.5, 0.6) is 0 Å². The van der Waals surface area contributed by atoms with Crippen molar-refractivity contribution in [1.29, 1.82) is 0 Å². The monoisotopic (exact) mass is 591 g/mol. The lowest BCUT2D eigenvalue weighted by Gasteiger charge is -2.16. The van der Waals surface area contributed by atoms with E-state index in [0.29, 0.717) is 0 Å². The Morgan fingerprint density at radius 2 is 0.381 bits per heavy atom. The average molecular weight is 591 g/mol. The minimum absolute atomic E-state index is 0.942. The van der Waals surface area contributed by atoms with Crippen LogP contribution in [0.15, 0.2) is 0 Å². The SMILES string of the molecule is CCCCCCCCCCCCCCCCC(C)CCCC(C)CCCC(C)CCCCCCCCCCCCCC. The topological polar surface area (TPSA) is 0 Å². The minimum Gasteiger partial charge on any atom is -0.0654 e. The van der Waals surface area contributed by atoms with Gasteiger partial charge < -0.3 is 0 Å². The highest BCUT2D eigenvalue weighted by atomic mass is 14.1. The van der Waals surface area contributed by atoms with Crippen LogP contribution in [0.2, 0.25) is 0 Å². The molecule has 0 aliphatic rings. The van der Waals surface area contributed by atoms with E-state index in [1.54, 1.807) is 0 Å². The van der Waals surface area contributed by atoms with Crippen molar-refractivity contribution >= 4 is 0 Å². The van der Waals surface area contributed by atoms with E-state index in [1.165, 1.54) is 218 Å². The van der Waals surface area contributed by atoms with Crippen molar-refractivity contribution in [3.63, 3.8) is 0 Å². The Kier molecular flexibility index (Phi) is 35.5. The van der Waals surface area contributed by atoms with Gasteiger partial charge in [0, 0.05) is 0 Å². The molecule has 0 heterocycles. The van der Waals surface area contributed by atoms with Gasteiger partial charge in [-0.3, -0.25) is 0 Å². The predicted octanol–water partition coefficient (Wildman–Crippen LogP) is 16.2. The summed E-state index contributed by atoms with van der Waals surface area (Å²) in [6, 6.07) is 0. The van der Waals surface area contributed by atoms with Crippen molar-refractivity contribution in [3.8, 4) is 0 Å². The first-order chi connectivity index (χ1) is 20.6. The van der Waals surface area contributed by atoms with E-state index in [2.05, 4.69) is 34.6 Å². The third-order valence-electron chi connectivity index (χ3n) is 10.4. The highest BCUT2D eigenvalue weighted by molar-refractivity contribution is 4.61. The maximum atomic E-state index is 2.52. The van der Waals surface area contributed by atoms with Gasteiger partial charge in [0.15, 0.2) is 0 Å². The molecule has 42 heavy (non-hydrogen) atoms. The van der Waals surface area contributed by atoms with Crippen molar-refractivity contribution in [1.82, 2.24) is 0 Å². The second kappa shape index (κ2) is 35.5. The number of hydrogen-bond donors (Lipinski definition) is 0. The van der Waals surface area contributed by atoms with E-state index < -0.39 is 0 Å². The third-order valence-corrected chi connectivity index (χ3v) is 10.4. The molecule has 0 radical (unpaired) electrons. The average Bonchev–Trinajstić information content (AvgIpc) is 2.98. The molecule has 0 aromatic carbocycles. The van der Waals surface area contributed by atoms with Crippen molar-refractivity contribution in [2.24, 2.45) is 17.8 Å². The zero-order chi connectivity index (χ0) is 30.8. The molecule has 0 saturated carbocycles. The summed E-state index contributed by atoms with van der Waals surface area (Å²) in [5.41, 5.74) is 0. The Bertz CT molecular complexity index is 467. The van der Waals surface area contributed by atoms with Gasteiger partial charge in [-0.1, -0.05) is 253 Å². The van der Waals surface area contributed by atoms with E-state index in [0.717, 1.165) is 17.8 Å². The van der Waals surface area contributed by atoms with Crippen LogP contribution >= 0.6 is 0 Å². The van der Waals surface area contributed by atoms with Crippen molar-refractivity contribution < 1.29 is 0 Å². The first kappa shape index (κ1) is 42.0. The normalized spacial score (nSPS) is 13.9. The number of unbranched alkanes of at least 4 members (excludes halogenated alkanes) is 24. The van der Waals surface area contributed by atoms with Crippen LogP contribution in [-0.4, -0.2) is 0 Å². The molecular weight excluding hydrogens is 504 g/mol. The molecule has 0 fully saturated rings. The summed E-state index contributed by atoms with van der Waals surface area (Å²) in [4.78, 5) is 0. The summed E-state index contributed by atoms with van der Waals surface area (Å²) in [6.07, 6.45) is 50.0. The summed E-state index contributed by atoms with van der Waals surface area (Å²) in [7, 11) is 0. The van der Waals surface area contributed by atoms with Crippen LogP contribution < -0.4 is 0 Å². The zero-order valence-electron chi connectivity index (χ0n) is 30.8. The molecule has 0 aliphatic carbocycles. The Labute approximate surface area is 270 Å². The Morgan fingerprint density at radius 1 is 0.214 bits per heavy atom. The molecule has 0 N–H and O–H groups in total. The molecular formula is C42H86. The van der Waals surface area contributed by atoms with Crippen LogP contribution in [-0.2, 0) is 0 Å². The molecule has 0 bridgehead atoms. The molecule has 3 atom stereocenters. The number of rotatable bonds is 36. The fourth-order valence-corrected chi connectivity index (χ4v) is 7.08. The van der Waals surface area contributed by atoms with Gasteiger partial charge in [-0.2, -0.15) is 0 Å². The van der Waals surface area contributed by atoms with Crippen molar-refractivity contribution in [2.45, 2.75) is 253 Å². The van der Waals surface area contributed by atoms with Crippen LogP contribution in [0.3, 0.4) is 0 Å². The molecule has 0 spiro atoms. The maximum Gasteiger partial charge on any atom is -0.0443 e. The fourth-order valence-electron chi connectivity index (χ4n) is 7.08. The molecule has 0 nitrogen and oxygen atoms in total. The second-order valence-corrected chi connectivity index (χ2v) is 15.2. The summed E-state index contributed by atoms with van der Waals surface area (Å²) in [5.74, 6) is 2.84. The van der Waals surface area contributed by atoms with Gasteiger partial charge in [-0.15, -0.1) is 0 Å². The standard InChI is InChI=1S/C42H86/c1-6-8-10-12-14-16-18-20-21-23-25-27-29-31-35-41(4)37-33-39-42(5)38-32-36-40(3)34-30-28-26-24-22-19-17-15-13-11-9-7-2/h40-42H,6-39H2,1-5H3. The van der Waals surface area contributed by atoms with Gasteiger partial charge in [-0.25, -0.2) is 0 Å². The predicted molar refractivity (Wildman–Crippen MR) is 196 cm³/mol. The second-order valence-electron chi connectivity index (χ2n) is 15.2. The van der Waals surface area contributed by atoms with Gasteiger partial charge >= 0.3 is 0 Å². The van der Waals surface area contributed by atoms with Crippen LogP contribution in [0, 0.1) is 17.8 Å². The van der Waals surface area contributed by atoms with E-state index in [9.17, 15) is 0 Å². The van der Waals surface area contributed by atoms with Crippen molar-refractivity contribution in [3.05, 3.63) is 0 Å². The molecule has 0 amide bonds. The quantitative estimate of drug-likeness (QED) is 0.0637. The van der Waals surface area contributed by atoms with Gasteiger partial charge in [0.2, 0.25) is 0 Å². The highest BCUT2D eigenvalue weighted by Crippen LogP contribution is 2.24. The molecule has 3 unspecified atom stereocenters. The molecule has 0 aromatic rings. The molecule has 0 heteroatoms. The largest absolute Gasteiger partial charge is 0.0654 e. The van der Waals surface area contributed by atoms with E-state index in [-0.39, 0.29) is 0 Å². The van der Waals surface area contributed by atoms with Gasteiger partial charge in [-0.05, 0) is 17.8 Å². The summed E-state index contributed by atoms with van der Waals surface area (Å²) >= 11 is 0. The maximum absolute atomic E-state index is 2.52. The highest BCUT2D eigenvalue weighted by Gasteiger charge is 2.08. The smallest absolute Gasteiger partial charge is 0.0443 e. The Hall–Kier alpha value is 0. The zero-order valence-corrected chi connectivity index (χ0v) is 30.8. The third kappa shape index (κ3) is 34.5. The molecule has 0 aliphatic heterocycles. The number of hydrogen-bond acceptors (Lipinski definition) is 0. The van der Waals surface area contributed by atoms with E-state index >= 15 is 0 Å². The first-order valence-electron chi connectivity index (χ1n) is 20.6. The Morgan fingerprint density at radius 3 is 0.595 bits per heavy atom. The van der Waals surface area contributed by atoms with Crippen molar-refractivity contribution in [2.75, 3.05) is 0 Å². The summed E-state index contributed by atoms with van der Waals surface area (Å²) in [5, 5.41) is 0. The van der Waals surface area contributed by atoms with Gasteiger partial charge in [0.05, 0.1) is 0 Å². The molecule has 254 valence electrons.